The van der Waals surface area contributed by atoms with Crippen LogP contribution < -0.4 is 10.2 Å². The third-order valence-electron chi connectivity index (χ3n) is 4.86. The molecule has 130 valence electrons. The molecule has 1 aliphatic heterocycles. The van der Waals surface area contributed by atoms with Gasteiger partial charge in [-0.1, -0.05) is 6.07 Å². The number of rotatable bonds is 6. The van der Waals surface area contributed by atoms with Gasteiger partial charge < -0.3 is 10.2 Å². The lowest BCUT2D eigenvalue weighted by Gasteiger charge is -2.32. The molecule has 0 atom stereocenters. The van der Waals surface area contributed by atoms with E-state index in [1.807, 2.05) is 5.51 Å². The molecule has 2 heterocycles. The maximum Gasteiger partial charge on any atom is 0.0795 e. The zero-order chi connectivity index (χ0) is 16.9. The Hall–Kier alpha value is -1.59. The number of piperidine rings is 1. The van der Waals surface area contributed by atoms with Gasteiger partial charge >= 0.3 is 0 Å². The number of nitrogens with one attached hydrogen (secondary N) is 1. The minimum absolute atomic E-state index is 0.509. The van der Waals surface area contributed by atoms with Crippen LogP contribution in [0.1, 0.15) is 32.4 Å². The molecule has 0 saturated carbocycles. The summed E-state index contributed by atoms with van der Waals surface area (Å²) in [7, 11) is 2.15. The summed E-state index contributed by atoms with van der Waals surface area (Å²) in [5.74, 6) is 0. The summed E-state index contributed by atoms with van der Waals surface area (Å²) in [6.07, 6.45) is 2.38. The summed E-state index contributed by atoms with van der Waals surface area (Å²) in [6, 6.07) is 9.85. The van der Waals surface area contributed by atoms with Gasteiger partial charge in [0.05, 0.1) is 11.2 Å². The SMILES string of the molecule is CC(C)N(C)c1cccc(NC2CCN(Cc3cscn3)CC2)c1. The molecular weight excluding hydrogens is 316 g/mol. The van der Waals surface area contributed by atoms with Crippen molar-refractivity contribution < 1.29 is 0 Å². The van der Waals surface area contributed by atoms with Gasteiger partial charge in [0, 0.05) is 55.5 Å². The Bertz CT molecular complexity index is 618. The summed E-state index contributed by atoms with van der Waals surface area (Å²) in [6.45, 7) is 7.71. The van der Waals surface area contributed by atoms with Crippen molar-refractivity contribution in [3.8, 4) is 0 Å². The molecule has 0 spiro atoms. The van der Waals surface area contributed by atoms with Crippen LogP contribution in [0, 0.1) is 0 Å². The van der Waals surface area contributed by atoms with E-state index in [4.69, 9.17) is 0 Å². The van der Waals surface area contributed by atoms with Gasteiger partial charge in [-0.3, -0.25) is 4.90 Å². The Morgan fingerprint density at radius 1 is 1.33 bits per heavy atom. The number of aromatic nitrogens is 1. The van der Waals surface area contributed by atoms with Gasteiger partial charge in [0.1, 0.15) is 0 Å². The van der Waals surface area contributed by atoms with Crippen molar-refractivity contribution in [1.82, 2.24) is 9.88 Å². The fourth-order valence-corrected chi connectivity index (χ4v) is 3.68. The second-order valence-corrected chi connectivity index (χ2v) is 7.65. The van der Waals surface area contributed by atoms with Gasteiger partial charge in [-0.2, -0.15) is 0 Å². The van der Waals surface area contributed by atoms with Crippen LogP contribution in [-0.2, 0) is 6.54 Å². The van der Waals surface area contributed by atoms with Crippen molar-refractivity contribution in [3.63, 3.8) is 0 Å². The second kappa shape index (κ2) is 7.99. The molecule has 24 heavy (non-hydrogen) atoms. The summed E-state index contributed by atoms with van der Waals surface area (Å²) in [4.78, 5) is 9.21. The van der Waals surface area contributed by atoms with Crippen LogP contribution in [0.25, 0.3) is 0 Å². The van der Waals surface area contributed by atoms with Crippen molar-refractivity contribution in [2.45, 2.75) is 45.3 Å². The maximum absolute atomic E-state index is 4.39. The van der Waals surface area contributed by atoms with Gasteiger partial charge in [-0.25, -0.2) is 4.98 Å². The van der Waals surface area contributed by atoms with Crippen LogP contribution in [0.3, 0.4) is 0 Å². The van der Waals surface area contributed by atoms with Gasteiger partial charge in [0.2, 0.25) is 0 Å². The number of benzene rings is 1. The predicted octanol–water partition coefficient (Wildman–Crippen LogP) is 4.06. The lowest BCUT2D eigenvalue weighted by Crippen LogP contribution is -2.38. The van der Waals surface area contributed by atoms with Crippen LogP contribution in [0.2, 0.25) is 0 Å². The molecule has 2 aromatic rings. The molecule has 0 radical (unpaired) electrons. The number of anilines is 2. The highest BCUT2D eigenvalue weighted by molar-refractivity contribution is 7.07. The smallest absolute Gasteiger partial charge is 0.0795 e. The van der Waals surface area contributed by atoms with E-state index in [1.165, 1.54) is 29.9 Å². The molecule has 0 unspecified atom stereocenters. The van der Waals surface area contributed by atoms with E-state index in [-0.39, 0.29) is 0 Å². The molecule has 3 rings (SSSR count). The average Bonchev–Trinajstić information content (AvgIpc) is 3.09. The van der Waals surface area contributed by atoms with Gasteiger partial charge in [0.15, 0.2) is 0 Å². The van der Waals surface area contributed by atoms with Crippen molar-refractivity contribution in [2.24, 2.45) is 0 Å². The number of thiazole rings is 1. The lowest BCUT2D eigenvalue weighted by atomic mass is 10.0. The fourth-order valence-electron chi connectivity index (χ4n) is 3.13. The van der Waals surface area contributed by atoms with Crippen molar-refractivity contribution in [2.75, 3.05) is 30.4 Å². The highest BCUT2D eigenvalue weighted by atomic mass is 32.1. The molecule has 1 N–H and O–H groups in total. The van der Waals surface area contributed by atoms with Gasteiger partial charge in [-0.05, 0) is 44.9 Å². The monoisotopic (exact) mass is 344 g/mol. The van der Waals surface area contributed by atoms with E-state index in [2.05, 4.69) is 70.6 Å². The normalized spacial score (nSPS) is 16.5. The maximum atomic E-state index is 4.39. The molecule has 1 fully saturated rings. The van der Waals surface area contributed by atoms with Crippen LogP contribution in [-0.4, -0.2) is 42.1 Å². The van der Waals surface area contributed by atoms with E-state index in [0.29, 0.717) is 12.1 Å². The Morgan fingerprint density at radius 2 is 2.12 bits per heavy atom. The fraction of sp³-hybridized carbons (Fsp3) is 0.526. The molecule has 1 saturated heterocycles. The Kier molecular flexibility index (Phi) is 5.74. The largest absolute Gasteiger partial charge is 0.382 e. The Labute approximate surface area is 149 Å². The first-order valence-corrected chi connectivity index (χ1v) is 9.75. The molecule has 5 heteroatoms. The zero-order valence-electron chi connectivity index (χ0n) is 14.9. The van der Waals surface area contributed by atoms with E-state index in [9.17, 15) is 0 Å². The molecule has 0 amide bonds. The molecule has 1 aromatic heterocycles. The summed E-state index contributed by atoms with van der Waals surface area (Å²) >= 11 is 1.68. The van der Waals surface area contributed by atoms with Crippen molar-refractivity contribution in [1.29, 1.82) is 0 Å². The number of nitrogens with zero attached hydrogens (tertiary/aromatic N) is 3. The van der Waals surface area contributed by atoms with E-state index in [0.717, 1.165) is 19.6 Å². The molecule has 0 aliphatic carbocycles. The summed E-state index contributed by atoms with van der Waals surface area (Å²) < 4.78 is 0. The van der Waals surface area contributed by atoms with Crippen molar-refractivity contribution in [3.05, 3.63) is 40.8 Å². The number of hydrogen-bond donors (Lipinski definition) is 1. The predicted molar refractivity (Wildman–Crippen MR) is 104 cm³/mol. The van der Waals surface area contributed by atoms with Gasteiger partial charge in [0.25, 0.3) is 0 Å². The first-order chi connectivity index (χ1) is 11.6. The zero-order valence-corrected chi connectivity index (χ0v) is 15.7. The third-order valence-corrected chi connectivity index (χ3v) is 5.49. The van der Waals surface area contributed by atoms with Crippen LogP contribution in [0.15, 0.2) is 35.2 Å². The minimum Gasteiger partial charge on any atom is -0.382 e. The summed E-state index contributed by atoms with van der Waals surface area (Å²) in [5.41, 5.74) is 5.63. The van der Waals surface area contributed by atoms with E-state index >= 15 is 0 Å². The first kappa shape index (κ1) is 17.2. The highest BCUT2D eigenvalue weighted by Crippen LogP contribution is 2.23. The minimum atomic E-state index is 0.509. The third kappa shape index (κ3) is 4.48. The molecule has 4 nitrogen and oxygen atoms in total. The van der Waals surface area contributed by atoms with Crippen molar-refractivity contribution >= 4 is 22.7 Å². The second-order valence-electron chi connectivity index (χ2n) is 6.93. The molecular formula is C19H28N4S. The topological polar surface area (TPSA) is 31.4 Å². The average molecular weight is 345 g/mol. The Balaban J connectivity index is 1.52. The summed E-state index contributed by atoms with van der Waals surface area (Å²) in [5, 5.41) is 5.88. The van der Waals surface area contributed by atoms with Gasteiger partial charge in [-0.15, -0.1) is 11.3 Å². The number of likely N-dealkylation sites (tertiary alicyclic amines) is 1. The number of hydrogen-bond acceptors (Lipinski definition) is 5. The van der Waals surface area contributed by atoms with E-state index < -0.39 is 0 Å². The quantitative estimate of drug-likeness (QED) is 0.856. The lowest BCUT2D eigenvalue weighted by molar-refractivity contribution is 0.209. The van der Waals surface area contributed by atoms with E-state index in [1.54, 1.807) is 11.3 Å². The highest BCUT2D eigenvalue weighted by Gasteiger charge is 2.19. The molecule has 1 aromatic carbocycles. The van der Waals surface area contributed by atoms with Crippen LogP contribution >= 0.6 is 11.3 Å². The molecule has 0 bridgehead atoms. The van der Waals surface area contributed by atoms with Crippen LogP contribution in [0.4, 0.5) is 11.4 Å². The Morgan fingerprint density at radius 3 is 2.79 bits per heavy atom. The van der Waals surface area contributed by atoms with Crippen LogP contribution in [0.5, 0.6) is 0 Å². The first-order valence-electron chi connectivity index (χ1n) is 8.80. The standard InChI is InChI=1S/C19H28N4S/c1-15(2)22(3)19-6-4-5-17(11-19)21-16-7-9-23(10-8-16)12-18-13-24-14-20-18/h4-6,11,13-16,21H,7-10,12H2,1-3H3. The molecule has 1 aliphatic rings.